The summed E-state index contributed by atoms with van der Waals surface area (Å²) in [6.45, 7) is 0.628. The molecular formula is C15H14BrClN2O. The second-order valence-electron chi connectivity index (χ2n) is 4.40. The average molecular weight is 354 g/mol. The number of nitrogens with one attached hydrogen (secondary N) is 1. The molecule has 0 unspecified atom stereocenters. The van der Waals surface area contributed by atoms with Crippen LogP contribution in [0.3, 0.4) is 0 Å². The maximum Gasteiger partial charge on any atom is 0.221 e. The number of amides is 1. The number of nitrogens with two attached hydrogens (primary N) is 1. The summed E-state index contributed by atoms with van der Waals surface area (Å²) in [5, 5.41) is 3.98. The van der Waals surface area contributed by atoms with Crippen LogP contribution in [-0.2, 0) is 17.8 Å². The van der Waals surface area contributed by atoms with Crippen molar-refractivity contribution in [2.24, 2.45) is 5.73 Å². The fourth-order valence-corrected chi connectivity index (χ4v) is 2.33. The Balaban J connectivity index is 2.10. The molecule has 0 aliphatic carbocycles. The Morgan fingerprint density at radius 1 is 1.25 bits per heavy atom. The number of hydrogen-bond donors (Lipinski definition) is 2. The van der Waals surface area contributed by atoms with Gasteiger partial charge in [-0.15, -0.1) is 0 Å². The normalized spacial score (nSPS) is 10.3. The number of rotatable bonds is 5. The van der Waals surface area contributed by atoms with E-state index < -0.39 is 0 Å². The lowest BCUT2D eigenvalue weighted by molar-refractivity contribution is -0.117. The van der Waals surface area contributed by atoms with Gasteiger partial charge in [-0.05, 0) is 45.3 Å². The third-order valence-corrected chi connectivity index (χ3v) is 4.08. The first kappa shape index (κ1) is 14.9. The predicted octanol–water partition coefficient (Wildman–Crippen LogP) is 3.74. The van der Waals surface area contributed by atoms with Crippen LogP contribution in [0.1, 0.15) is 11.1 Å². The topological polar surface area (TPSA) is 55.1 Å². The van der Waals surface area contributed by atoms with Crippen molar-refractivity contribution in [3.8, 4) is 0 Å². The monoisotopic (exact) mass is 352 g/mol. The lowest BCUT2D eigenvalue weighted by atomic mass is 10.1. The van der Waals surface area contributed by atoms with Gasteiger partial charge in [0, 0.05) is 16.7 Å². The molecule has 0 atom stereocenters. The molecule has 5 heteroatoms. The number of anilines is 1. The van der Waals surface area contributed by atoms with Crippen molar-refractivity contribution in [2.45, 2.75) is 13.0 Å². The molecule has 0 saturated heterocycles. The second-order valence-corrected chi connectivity index (χ2v) is 5.66. The molecule has 0 aromatic heterocycles. The highest BCUT2D eigenvalue weighted by atomic mass is 79.9. The quantitative estimate of drug-likeness (QED) is 0.860. The number of carbonyl (C=O) groups is 1. The molecule has 0 saturated carbocycles. The summed E-state index contributed by atoms with van der Waals surface area (Å²) >= 11 is 9.42. The molecule has 0 aliphatic heterocycles. The van der Waals surface area contributed by atoms with Crippen LogP contribution < -0.4 is 11.1 Å². The van der Waals surface area contributed by atoms with Crippen LogP contribution >= 0.6 is 27.5 Å². The first-order valence-corrected chi connectivity index (χ1v) is 7.27. The predicted molar refractivity (Wildman–Crippen MR) is 85.8 cm³/mol. The second kappa shape index (κ2) is 6.77. The van der Waals surface area contributed by atoms with E-state index in [2.05, 4.69) is 21.2 Å². The number of benzene rings is 2. The molecule has 0 fully saturated rings. The van der Waals surface area contributed by atoms with E-state index in [0.717, 1.165) is 21.3 Å². The van der Waals surface area contributed by atoms with Crippen LogP contribution in [0.25, 0.3) is 0 Å². The average Bonchev–Trinajstić information content (AvgIpc) is 2.41. The van der Waals surface area contributed by atoms with Crippen LogP contribution in [0.15, 0.2) is 46.9 Å². The highest BCUT2D eigenvalue weighted by Crippen LogP contribution is 2.24. The van der Waals surface area contributed by atoms with E-state index in [1.54, 1.807) is 0 Å². The zero-order valence-corrected chi connectivity index (χ0v) is 13.0. The molecule has 0 heterocycles. The van der Waals surface area contributed by atoms with E-state index in [-0.39, 0.29) is 12.3 Å². The van der Waals surface area contributed by atoms with Crippen LogP contribution in [0.5, 0.6) is 0 Å². The summed E-state index contributed by atoms with van der Waals surface area (Å²) in [7, 11) is 0. The maximum absolute atomic E-state index is 11.0. The van der Waals surface area contributed by atoms with Gasteiger partial charge in [-0.1, -0.05) is 35.9 Å². The van der Waals surface area contributed by atoms with E-state index in [1.807, 2.05) is 42.5 Å². The number of para-hydroxylation sites is 1. The van der Waals surface area contributed by atoms with E-state index >= 15 is 0 Å². The van der Waals surface area contributed by atoms with Gasteiger partial charge in [-0.25, -0.2) is 0 Å². The third kappa shape index (κ3) is 3.99. The largest absolute Gasteiger partial charge is 0.381 e. The van der Waals surface area contributed by atoms with Crippen LogP contribution in [0, 0.1) is 0 Å². The van der Waals surface area contributed by atoms with Crippen LogP contribution in [0.2, 0.25) is 5.02 Å². The molecule has 2 aromatic carbocycles. The first-order valence-electron chi connectivity index (χ1n) is 6.10. The van der Waals surface area contributed by atoms with E-state index in [9.17, 15) is 4.79 Å². The van der Waals surface area contributed by atoms with Gasteiger partial charge in [0.1, 0.15) is 0 Å². The molecule has 0 bridgehead atoms. The summed E-state index contributed by atoms with van der Waals surface area (Å²) in [6.07, 6.45) is 0.226. The molecule has 3 nitrogen and oxygen atoms in total. The van der Waals surface area contributed by atoms with Gasteiger partial charge in [0.15, 0.2) is 0 Å². The van der Waals surface area contributed by atoms with Crippen molar-refractivity contribution in [1.29, 1.82) is 0 Å². The van der Waals surface area contributed by atoms with Gasteiger partial charge in [0.05, 0.1) is 11.4 Å². The van der Waals surface area contributed by atoms with Crippen molar-refractivity contribution in [2.75, 3.05) is 5.32 Å². The lowest BCUT2D eigenvalue weighted by Gasteiger charge is -2.11. The molecule has 0 spiro atoms. The molecule has 0 aliphatic rings. The number of primary amides is 1. The van der Waals surface area contributed by atoms with E-state index in [0.29, 0.717) is 11.6 Å². The minimum absolute atomic E-state index is 0.226. The Hall–Kier alpha value is -1.52. The van der Waals surface area contributed by atoms with Crippen molar-refractivity contribution < 1.29 is 4.79 Å². The Labute approximate surface area is 131 Å². The van der Waals surface area contributed by atoms with Gasteiger partial charge in [0.25, 0.3) is 0 Å². The zero-order chi connectivity index (χ0) is 14.5. The first-order chi connectivity index (χ1) is 9.56. The van der Waals surface area contributed by atoms with Crippen LogP contribution in [0.4, 0.5) is 5.69 Å². The summed E-state index contributed by atoms with van der Waals surface area (Å²) in [4.78, 5) is 11.0. The summed E-state index contributed by atoms with van der Waals surface area (Å²) in [5.74, 6) is -0.342. The molecular weight excluding hydrogens is 340 g/mol. The van der Waals surface area contributed by atoms with Crippen molar-refractivity contribution in [3.05, 3.63) is 63.1 Å². The van der Waals surface area contributed by atoms with Crippen molar-refractivity contribution in [1.82, 2.24) is 0 Å². The van der Waals surface area contributed by atoms with Crippen LogP contribution in [-0.4, -0.2) is 5.91 Å². The molecule has 104 valence electrons. The van der Waals surface area contributed by atoms with E-state index in [4.69, 9.17) is 17.3 Å². The van der Waals surface area contributed by atoms with Crippen molar-refractivity contribution >= 4 is 39.1 Å². The van der Waals surface area contributed by atoms with Gasteiger partial charge in [-0.3, -0.25) is 4.79 Å². The highest BCUT2D eigenvalue weighted by Gasteiger charge is 2.05. The lowest BCUT2D eigenvalue weighted by Crippen LogP contribution is -2.15. The SMILES string of the molecule is NC(=O)Cc1ccccc1NCc1ccc(Br)c(Cl)c1. The van der Waals surface area contributed by atoms with Gasteiger partial charge in [-0.2, -0.15) is 0 Å². The fourth-order valence-electron chi connectivity index (χ4n) is 1.88. The summed E-state index contributed by atoms with van der Waals surface area (Å²) in [6, 6.07) is 13.4. The Morgan fingerprint density at radius 3 is 2.70 bits per heavy atom. The Morgan fingerprint density at radius 2 is 2.00 bits per heavy atom. The number of hydrogen-bond acceptors (Lipinski definition) is 2. The van der Waals surface area contributed by atoms with Crippen molar-refractivity contribution in [3.63, 3.8) is 0 Å². The Kier molecular flexibility index (Phi) is 5.04. The van der Waals surface area contributed by atoms with Gasteiger partial charge >= 0.3 is 0 Å². The highest BCUT2D eigenvalue weighted by molar-refractivity contribution is 9.10. The zero-order valence-electron chi connectivity index (χ0n) is 10.7. The fraction of sp³-hybridized carbons (Fsp3) is 0.133. The standard InChI is InChI=1S/C15H14BrClN2O/c16-12-6-5-10(7-13(12)17)9-19-14-4-2-1-3-11(14)8-15(18)20/h1-7,19H,8-9H2,(H2,18,20). The summed E-state index contributed by atoms with van der Waals surface area (Å²) < 4.78 is 0.872. The number of carbonyl (C=O) groups excluding carboxylic acids is 1. The maximum atomic E-state index is 11.0. The third-order valence-electron chi connectivity index (χ3n) is 2.85. The minimum Gasteiger partial charge on any atom is -0.381 e. The minimum atomic E-state index is -0.342. The summed E-state index contributed by atoms with van der Waals surface area (Å²) in [5.41, 5.74) is 8.11. The van der Waals surface area contributed by atoms with Gasteiger partial charge in [0.2, 0.25) is 5.91 Å². The molecule has 3 N–H and O–H groups in total. The molecule has 1 amide bonds. The molecule has 0 radical (unpaired) electrons. The van der Waals surface area contributed by atoms with Gasteiger partial charge < -0.3 is 11.1 Å². The Bertz CT molecular complexity index is 631. The molecule has 2 aromatic rings. The molecule has 20 heavy (non-hydrogen) atoms. The van der Waals surface area contributed by atoms with E-state index in [1.165, 1.54) is 0 Å². The smallest absolute Gasteiger partial charge is 0.221 e. The number of halogens is 2. The molecule has 2 rings (SSSR count).